The lowest BCUT2D eigenvalue weighted by Crippen LogP contribution is -2.33. The molecule has 3 aromatic rings. The van der Waals surface area contributed by atoms with Crippen molar-refractivity contribution in [2.45, 2.75) is 23.8 Å². The van der Waals surface area contributed by atoms with Crippen molar-refractivity contribution < 1.29 is 22.7 Å². The Morgan fingerprint density at radius 3 is 2.73 bits per heavy atom. The maximum atomic E-state index is 13.5. The van der Waals surface area contributed by atoms with Crippen molar-refractivity contribution >= 4 is 21.6 Å². The van der Waals surface area contributed by atoms with Gasteiger partial charge in [0.25, 0.3) is 15.9 Å². The van der Waals surface area contributed by atoms with E-state index in [9.17, 15) is 13.2 Å². The van der Waals surface area contributed by atoms with Crippen molar-refractivity contribution in [3.63, 3.8) is 0 Å². The van der Waals surface area contributed by atoms with Crippen LogP contribution in [0, 0.1) is 0 Å². The average molecular weight is 465 g/mol. The molecule has 0 aliphatic carbocycles. The van der Waals surface area contributed by atoms with Crippen LogP contribution in [-0.4, -0.2) is 34.6 Å². The summed E-state index contributed by atoms with van der Waals surface area (Å²) in [5.74, 6) is 0.658. The molecule has 2 heterocycles. The van der Waals surface area contributed by atoms with Crippen LogP contribution in [0.3, 0.4) is 0 Å². The quantitative estimate of drug-likeness (QED) is 0.622. The van der Waals surface area contributed by atoms with E-state index in [1.54, 1.807) is 6.07 Å². The van der Waals surface area contributed by atoms with E-state index < -0.39 is 15.9 Å². The normalized spacial score (nSPS) is 17.0. The Morgan fingerprint density at radius 1 is 1.09 bits per heavy atom. The molecule has 0 spiro atoms. The fourth-order valence-corrected chi connectivity index (χ4v) is 5.97. The molecule has 7 nitrogen and oxygen atoms in total. The van der Waals surface area contributed by atoms with Crippen molar-refractivity contribution in [2.75, 3.05) is 24.6 Å². The third-order valence-corrected chi connectivity index (χ3v) is 7.92. The molecule has 0 saturated carbocycles. The summed E-state index contributed by atoms with van der Waals surface area (Å²) in [6.07, 6.45) is 1.27. The standard InChI is InChI=1S/C25H24N2O5S/c1-31-23-11-10-18(33(29,30)27-14-12-17-6-2-4-8-22(17)27)16-20(23)25(28)26-21-13-15-32-24-9-5-3-7-19(21)24/h2-11,16,21H,12-15H2,1H3,(H,26,28)/t21-/m0/s1. The van der Waals surface area contributed by atoms with Gasteiger partial charge >= 0.3 is 0 Å². The number of hydrogen-bond donors (Lipinski definition) is 1. The summed E-state index contributed by atoms with van der Waals surface area (Å²) < 4.78 is 39.4. The van der Waals surface area contributed by atoms with E-state index in [-0.39, 0.29) is 16.5 Å². The topological polar surface area (TPSA) is 84.9 Å². The second-order valence-electron chi connectivity index (χ2n) is 8.02. The van der Waals surface area contributed by atoms with E-state index >= 15 is 0 Å². The van der Waals surface area contributed by atoms with Crippen LogP contribution in [0.25, 0.3) is 0 Å². The smallest absolute Gasteiger partial charge is 0.264 e. The molecule has 2 aliphatic heterocycles. The number of carbonyl (C=O) groups is 1. The van der Waals surface area contributed by atoms with Crippen molar-refractivity contribution in [1.29, 1.82) is 0 Å². The summed E-state index contributed by atoms with van der Waals surface area (Å²) in [7, 11) is -2.38. The van der Waals surface area contributed by atoms with E-state index in [4.69, 9.17) is 9.47 Å². The Hall–Kier alpha value is -3.52. The van der Waals surface area contributed by atoms with Gasteiger partial charge in [0.05, 0.1) is 35.9 Å². The molecule has 2 aliphatic rings. The minimum Gasteiger partial charge on any atom is -0.496 e. The van der Waals surface area contributed by atoms with E-state index in [0.717, 1.165) is 16.9 Å². The third kappa shape index (κ3) is 3.80. The zero-order valence-electron chi connectivity index (χ0n) is 18.2. The number of amides is 1. The van der Waals surface area contributed by atoms with Gasteiger partial charge in [-0.25, -0.2) is 8.42 Å². The largest absolute Gasteiger partial charge is 0.496 e. The van der Waals surface area contributed by atoms with Crippen LogP contribution in [0.5, 0.6) is 11.5 Å². The van der Waals surface area contributed by atoms with Crippen molar-refractivity contribution in [3.8, 4) is 11.5 Å². The molecule has 0 aromatic heterocycles. The Morgan fingerprint density at radius 2 is 1.88 bits per heavy atom. The molecule has 8 heteroatoms. The Bertz CT molecular complexity index is 1320. The van der Waals surface area contributed by atoms with E-state index in [1.165, 1.54) is 29.6 Å². The number of benzene rings is 3. The van der Waals surface area contributed by atoms with Gasteiger partial charge in [0.1, 0.15) is 11.5 Å². The number of nitrogens with zero attached hydrogens (tertiary/aromatic N) is 1. The fraction of sp³-hybridized carbons (Fsp3) is 0.240. The molecule has 1 amide bonds. The van der Waals surface area contributed by atoms with Crippen molar-refractivity contribution in [3.05, 3.63) is 83.4 Å². The molecular formula is C25H24N2O5S. The number of methoxy groups -OCH3 is 1. The summed E-state index contributed by atoms with van der Waals surface area (Å²) in [6, 6.07) is 19.2. The zero-order chi connectivity index (χ0) is 23.0. The number of anilines is 1. The lowest BCUT2D eigenvalue weighted by molar-refractivity contribution is 0.0921. The summed E-state index contributed by atoms with van der Waals surface area (Å²) in [4.78, 5) is 13.3. The van der Waals surface area contributed by atoms with Gasteiger partial charge in [-0.3, -0.25) is 9.10 Å². The maximum absolute atomic E-state index is 13.5. The van der Waals surface area contributed by atoms with Crippen LogP contribution in [0.15, 0.2) is 71.6 Å². The van der Waals surface area contributed by atoms with Crippen molar-refractivity contribution in [2.24, 2.45) is 0 Å². The molecule has 0 unspecified atom stereocenters. The van der Waals surface area contributed by atoms with Crippen LogP contribution in [0.1, 0.15) is 33.9 Å². The molecular weight excluding hydrogens is 440 g/mol. The number of para-hydroxylation sites is 2. The highest BCUT2D eigenvalue weighted by Gasteiger charge is 2.32. The highest BCUT2D eigenvalue weighted by Crippen LogP contribution is 2.35. The second-order valence-corrected chi connectivity index (χ2v) is 9.88. The third-order valence-electron chi connectivity index (χ3n) is 6.11. The lowest BCUT2D eigenvalue weighted by Gasteiger charge is -2.27. The lowest BCUT2D eigenvalue weighted by atomic mass is 10.00. The van der Waals surface area contributed by atoms with Crippen LogP contribution < -0.4 is 19.1 Å². The molecule has 170 valence electrons. The maximum Gasteiger partial charge on any atom is 0.264 e. The number of hydrogen-bond acceptors (Lipinski definition) is 5. The first-order valence-corrected chi connectivity index (χ1v) is 12.2. The molecule has 1 N–H and O–H groups in total. The number of carbonyl (C=O) groups excluding carboxylic acids is 1. The Labute approximate surface area is 193 Å². The van der Waals surface area contributed by atoms with Gasteiger partial charge in [-0.2, -0.15) is 0 Å². The summed E-state index contributed by atoms with van der Waals surface area (Å²) in [5, 5.41) is 3.02. The minimum absolute atomic E-state index is 0.0533. The predicted molar refractivity (Wildman–Crippen MR) is 124 cm³/mol. The van der Waals surface area contributed by atoms with E-state index in [0.29, 0.717) is 37.4 Å². The molecule has 33 heavy (non-hydrogen) atoms. The molecule has 5 rings (SSSR count). The molecule has 0 fully saturated rings. The van der Waals surface area contributed by atoms with Gasteiger partial charge < -0.3 is 14.8 Å². The fourth-order valence-electron chi connectivity index (χ4n) is 4.44. The first kappa shape index (κ1) is 21.3. The highest BCUT2D eigenvalue weighted by atomic mass is 32.2. The number of fused-ring (bicyclic) bond motifs is 2. The second kappa shape index (κ2) is 8.44. The van der Waals surface area contributed by atoms with Gasteiger partial charge in [0.15, 0.2) is 0 Å². The number of sulfonamides is 1. The number of ether oxygens (including phenoxy) is 2. The van der Waals surface area contributed by atoms with Crippen LogP contribution in [-0.2, 0) is 16.4 Å². The van der Waals surface area contributed by atoms with E-state index in [2.05, 4.69) is 5.32 Å². The van der Waals surface area contributed by atoms with Crippen molar-refractivity contribution in [1.82, 2.24) is 5.32 Å². The van der Waals surface area contributed by atoms with Crippen LogP contribution in [0.2, 0.25) is 0 Å². The van der Waals surface area contributed by atoms with Gasteiger partial charge in [0.2, 0.25) is 0 Å². The van der Waals surface area contributed by atoms with Gasteiger partial charge in [-0.05, 0) is 42.3 Å². The SMILES string of the molecule is COc1ccc(S(=O)(=O)N2CCc3ccccc32)cc1C(=O)N[C@H]1CCOc2ccccc21. The number of rotatable bonds is 5. The van der Waals surface area contributed by atoms with Gasteiger partial charge in [-0.1, -0.05) is 36.4 Å². The first-order valence-electron chi connectivity index (χ1n) is 10.8. The Balaban J connectivity index is 1.47. The minimum atomic E-state index is -3.84. The molecule has 3 aromatic carbocycles. The van der Waals surface area contributed by atoms with Gasteiger partial charge in [0, 0.05) is 18.5 Å². The zero-order valence-corrected chi connectivity index (χ0v) is 19.0. The summed E-state index contributed by atoms with van der Waals surface area (Å²) >= 11 is 0. The first-order chi connectivity index (χ1) is 16.0. The molecule has 1 atom stereocenters. The number of nitrogens with one attached hydrogen (secondary N) is 1. The summed E-state index contributed by atoms with van der Waals surface area (Å²) in [6.45, 7) is 0.857. The van der Waals surface area contributed by atoms with Crippen LogP contribution in [0.4, 0.5) is 5.69 Å². The highest BCUT2D eigenvalue weighted by molar-refractivity contribution is 7.92. The molecule has 0 saturated heterocycles. The van der Waals surface area contributed by atoms with Gasteiger partial charge in [-0.15, -0.1) is 0 Å². The Kier molecular flexibility index (Phi) is 5.46. The molecule has 0 bridgehead atoms. The predicted octanol–water partition coefficient (Wildman–Crippen LogP) is 3.70. The summed E-state index contributed by atoms with van der Waals surface area (Å²) in [5.41, 5.74) is 2.74. The average Bonchev–Trinajstić information content (AvgIpc) is 3.29. The van der Waals surface area contributed by atoms with E-state index in [1.807, 2.05) is 42.5 Å². The monoisotopic (exact) mass is 464 g/mol. The van der Waals surface area contributed by atoms with Crippen LogP contribution >= 0.6 is 0 Å². The molecule has 0 radical (unpaired) electrons.